The summed E-state index contributed by atoms with van der Waals surface area (Å²) in [5, 5.41) is 4.59. The van der Waals surface area contributed by atoms with Crippen LogP contribution in [0.1, 0.15) is 69.5 Å². The van der Waals surface area contributed by atoms with Crippen molar-refractivity contribution in [3.63, 3.8) is 0 Å². The number of nitrogens with zero attached hydrogens (tertiary/aromatic N) is 2. The molecule has 1 aliphatic heterocycles. The third-order valence-electron chi connectivity index (χ3n) is 4.76. The van der Waals surface area contributed by atoms with Crippen molar-refractivity contribution in [1.29, 1.82) is 0 Å². The molecule has 1 aromatic heterocycles. The Kier molecular flexibility index (Phi) is 5.07. The van der Waals surface area contributed by atoms with Gasteiger partial charge in [0.1, 0.15) is 5.78 Å². The van der Waals surface area contributed by atoms with Crippen molar-refractivity contribution in [2.75, 3.05) is 6.61 Å². The van der Waals surface area contributed by atoms with E-state index in [1.807, 2.05) is 12.3 Å². The molecule has 0 bridgehead atoms. The van der Waals surface area contributed by atoms with E-state index in [0.29, 0.717) is 30.8 Å². The first-order valence-corrected chi connectivity index (χ1v) is 8.48. The largest absolute Gasteiger partial charge is 0.378 e. The maximum atomic E-state index is 12.1. The molecule has 0 amide bonds. The van der Waals surface area contributed by atoms with Gasteiger partial charge in [0.05, 0.1) is 24.3 Å². The highest BCUT2D eigenvalue weighted by Gasteiger charge is 2.19. The molecular weight excluding hydrogens is 264 g/mol. The normalized spacial score (nSPS) is 23.5. The molecule has 0 spiro atoms. The molecular formula is C17H26N2O2. The molecule has 1 saturated carbocycles. The maximum Gasteiger partial charge on any atom is 0.139 e. The Bertz CT molecular complexity index is 457. The predicted octanol–water partition coefficient (Wildman–Crippen LogP) is 3.46. The first-order chi connectivity index (χ1) is 10.3. The zero-order valence-corrected chi connectivity index (χ0v) is 12.8. The molecule has 21 heavy (non-hydrogen) atoms. The van der Waals surface area contributed by atoms with E-state index in [1.165, 1.54) is 38.5 Å². The Morgan fingerprint density at radius 3 is 2.81 bits per heavy atom. The molecule has 2 fully saturated rings. The van der Waals surface area contributed by atoms with Gasteiger partial charge in [-0.1, -0.05) is 12.8 Å². The summed E-state index contributed by atoms with van der Waals surface area (Å²) in [5.41, 5.74) is 0.927. The summed E-state index contributed by atoms with van der Waals surface area (Å²) in [4.78, 5) is 12.1. The zero-order valence-electron chi connectivity index (χ0n) is 12.8. The van der Waals surface area contributed by atoms with E-state index in [9.17, 15) is 4.79 Å². The lowest BCUT2D eigenvalue weighted by molar-refractivity contribution is -0.119. The molecule has 2 heterocycles. The summed E-state index contributed by atoms with van der Waals surface area (Å²) >= 11 is 0. The molecule has 1 saturated heterocycles. The molecule has 0 N–H and O–H groups in total. The van der Waals surface area contributed by atoms with Crippen LogP contribution in [0.2, 0.25) is 0 Å². The number of ketones is 1. The van der Waals surface area contributed by atoms with Gasteiger partial charge in [-0.15, -0.1) is 0 Å². The average molecular weight is 290 g/mol. The summed E-state index contributed by atoms with van der Waals surface area (Å²) < 4.78 is 7.75. The Morgan fingerprint density at radius 1 is 1.24 bits per heavy atom. The van der Waals surface area contributed by atoms with Crippen LogP contribution in [0, 0.1) is 0 Å². The number of ether oxygens (including phenoxy) is 1. The van der Waals surface area contributed by atoms with E-state index in [0.717, 1.165) is 25.1 Å². The number of carbonyl (C=O) groups is 1. The summed E-state index contributed by atoms with van der Waals surface area (Å²) in [7, 11) is 0. The molecule has 0 radical (unpaired) electrons. The zero-order chi connectivity index (χ0) is 14.5. The Labute approximate surface area is 126 Å². The summed E-state index contributed by atoms with van der Waals surface area (Å²) in [5.74, 6) is 0.292. The SMILES string of the molecule is O=C(CCC1CCCCO1)Cc1ccn(C2CCCC2)n1. The molecule has 1 aromatic rings. The van der Waals surface area contributed by atoms with Crippen molar-refractivity contribution in [3.05, 3.63) is 18.0 Å². The minimum Gasteiger partial charge on any atom is -0.378 e. The summed E-state index contributed by atoms with van der Waals surface area (Å²) in [6.07, 6.45) is 12.9. The topological polar surface area (TPSA) is 44.1 Å². The van der Waals surface area contributed by atoms with Crippen LogP contribution in [-0.2, 0) is 16.0 Å². The third-order valence-corrected chi connectivity index (χ3v) is 4.76. The minimum absolute atomic E-state index is 0.292. The van der Waals surface area contributed by atoms with Crippen LogP contribution in [0.5, 0.6) is 0 Å². The van der Waals surface area contributed by atoms with E-state index in [1.54, 1.807) is 0 Å². The first kappa shape index (κ1) is 14.8. The van der Waals surface area contributed by atoms with Crippen molar-refractivity contribution in [2.24, 2.45) is 0 Å². The molecule has 2 aliphatic rings. The highest BCUT2D eigenvalue weighted by Crippen LogP contribution is 2.28. The van der Waals surface area contributed by atoms with Crippen molar-refractivity contribution in [1.82, 2.24) is 9.78 Å². The van der Waals surface area contributed by atoms with Gasteiger partial charge >= 0.3 is 0 Å². The van der Waals surface area contributed by atoms with E-state index in [-0.39, 0.29) is 0 Å². The Balaban J connectivity index is 1.43. The van der Waals surface area contributed by atoms with Gasteiger partial charge in [-0.25, -0.2) is 0 Å². The van der Waals surface area contributed by atoms with Crippen LogP contribution in [0.25, 0.3) is 0 Å². The number of Topliss-reactive ketones (excluding diaryl/α,β-unsaturated/α-hetero) is 1. The fraction of sp³-hybridized carbons (Fsp3) is 0.765. The second-order valence-electron chi connectivity index (χ2n) is 6.47. The maximum absolute atomic E-state index is 12.1. The Hall–Kier alpha value is -1.16. The number of hydrogen-bond acceptors (Lipinski definition) is 3. The Morgan fingerprint density at radius 2 is 2.05 bits per heavy atom. The average Bonchev–Trinajstić information content (AvgIpc) is 3.17. The quantitative estimate of drug-likeness (QED) is 0.806. The lowest BCUT2D eigenvalue weighted by atomic mass is 10.0. The highest BCUT2D eigenvalue weighted by molar-refractivity contribution is 5.80. The van der Waals surface area contributed by atoms with Gasteiger partial charge in [-0.2, -0.15) is 5.10 Å². The van der Waals surface area contributed by atoms with Crippen molar-refractivity contribution in [2.45, 2.75) is 76.4 Å². The van der Waals surface area contributed by atoms with Gasteiger partial charge in [-0.3, -0.25) is 9.48 Å². The monoisotopic (exact) mass is 290 g/mol. The number of rotatable bonds is 6. The summed E-state index contributed by atoms with van der Waals surface area (Å²) in [6, 6.07) is 2.57. The molecule has 4 heteroatoms. The first-order valence-electron chi connectivity index (χ1n) is 8.48. The minimum atomic E-state index is 0.292. The van der Waals surface area contributed by atoms with Crippen LogP contribution in [0.15, 0.2) is 12.3 Å². The molecule has 1 atom stereocenters. The van der Waals surface area contributed by atoms with Crippen LogP contribution in [-0.4, -0.2) is 28.3 Å². The fourth-order valence-corrected chi connectivity index (χ4v) is 3.49. The van der Waals surface area contributed by atoms with Gasteiger partial charge in [0.15, 0.2) is 0 Å². The van der Waals surface area contributed by atoms with E-state index >= 15 is 0 Å². The number of hydrogen-bond donors (Lipinski definition) is 0. The highest BCUT2D eigenvalue weighted by atomic mass is 16.5. The number of carbonyl (C=O) groups excluding carboxylic acids is 1. The standard InChI is InChI=1S/C17H26N2O2/c20-16(8-9-17-7-3-4-12-21-17)13-14-10-11-19(18-14)15-5-1-2-6-15/h10-11,15,17H,1-9,12-13H2. The summed E-state index contributed by atoms with van der Waals surface area (Å²) in [6.45, 7) is 0.866. The molecule has 1 unspecified atom stereocenters. The second kappa shape index (κ2) is 7.21. The molecule has 1 aliphatic carbocycles. The van der Waals surface area contributed by atoms with Crippen LogP contribution < -0.4 is 0 Å². The van der Waals surface area contributed by atoms with E-state index in [2.05, 4.69) is 9.78 Å². The third kappa shape index (κ3) is 4.16. The van der Waals surface area contributed by atoms with Gasteiger partial charge in [0, 0.05) is 19.2 Å². The van der Waals surface area contributed by atoms with Crippen molar-refractivity contribution >= 4 is 5.78 Å². The van der Waals surface area contributed by atoms with E-state index < -0.39 is 0 Å². The molecule has 0 aromatic carbocycles. The van der Waals surface area contributed by atoms with Crippen molar-refractivity contribution in [3.8, 4) is 0 Å². The smallest absolute Gasteiger partial charge is 0.139 e. The molecule has 4 nitrogen and oxygen atoms in total. The lowest BCUT2D eigenvalue weighted by Crippen LogP contribution is -2.20. The molecule has 116 valence electrons. The van der Waals surface area contributed by atoms with Gasteiger partial charge < -0.3 is 4.74 Å². The number of aromatic nitrogens is 2. The van der Waals surface area contributed by atoms with Crippen molar-refractivity contribution < 1.29 is 9.53 Å². The second-order valence-corrected chi connectivity index (χ2v) is 6.47. The predicted molar refractivity (Wildman–Crippen MR) is 81.3 cm³/mol. The van der Waals surface area contributed by atoms with Crippen LogP contribution in [0.4, 0.5) is 0 Å². The lowest BCUT2D eigenvalue weighted by Gasteiger charge is -2.21. The molecule has 3 rings (SSSR count). The van der Waals surface area contributed by atoms with Crippen LogP contribution >= 0.6 is 0 Å². The van der Waals surface area contributed by atoms with Gasteiger partial charge in [0.25, 0.3) is 0 Å². The van der Waals surface area contributed by atoms with Gasteiger partial charge in [0.2, 0.25) is 0 Å². The van der Waals surface area contributed by atoms with Crippen LogP contribution in [0.3, 0.4) is 0 Å². The van der Waals surface area contributed by atoms with E-state index in [4.69, 9.17) is 4.74 Å². The fourth-order valence-electron chi connectivity index (χ4n) is 3.49. The van der Waals surface area contributed by atoms with Gasteiger partial charge in [-0.05, 0) is 44.6 Å².